The van der Waals surface area contributed by atoms with Gasteiger partial charge in [-0.05, 0) is 0 Å². The quantitative estimate of drug-likeness (QED) is 0.709. The molecule has 17 heavy (non-hydrogen) atoms. The van der Waals surface area contributed by atoms with Crippen LogP contribution in [0, 0.1) is 0 Å². The number of hydrogen-bond donors (Lipinski definition) is 3. The summed E-state index contributed by atoms with van der Waals surface area (Å²) in [6.07, 6.45) is 1.41. The van der Waals surface area contributed by atoms with Gasteiger partial charge in [0.25, 0.3) is 0 Å². The van der Waals surface area contributed by atoms with Crippen molar-refractivity contribution in [1.82, 2.24) is 9.97 Å². The van der Waals surface area contributed by atoms with Crippen molar-refractivity contribution in [2.24, 2.45) is 5.73 Å². The molecule has 0 bridgehead atoms. The summed E-state index contributed by atoms with van der Waals surface area (Å²) in [5.74, 6) is -0.454. The van der Waals surface area contributed by atoms with Crippen LogP contribution in [-0.2, 0) is 24.1 Å². The van der Waals surface area contributed by atoms with Gasteiger partial charge in [-0.15, -0.1) is 23.2 Å². The number of H-pyrrole nitrogens is 1. The third-order valence-corrected chi connectivity index (χ3v) is 3.87. The fraction of sp³-hybridized carbons (Fsp3) is 0.600. The summed E-state index contributed by atoms with van der Waals surface area (Å²) in [5, 5.41) is 8.47. The van der Waals surface area contributed by atoms with Gasteiger partial charge in [-0.2, -0.15) is 0 Å². The molecule has 94 valence electrons. The highest BCUT2D eigenvalue weighted by Gasteiger charge is 2.28. The molecule has 0 saturated heterocycles. The van der Waals surface area contributed by atoms with Gasteiger partial charge in [-0.25, -0.2) is 4.98 Å². The lowest BCUT2D eigenvalue weighted by Crippen LogP contribution is -2.32. The smallest absolute Gasteiger partial charge is 0.320 e. The molecule has 3 atom stereocenters. The van der Waals surface area contributed by atoms with E-state index in [0.717, 1.165) is 11.4 Å². The lowest BCUT2D eigenvalue weighted by atomic mass is 10.0. The van der Waals surface area contributed by atoms with Crippen molar-refractivity contribution >= 4 is 29.2 Å². The summed E-state index contributed by atoms with van der Waals surface area (Å²) in [7, 11) is 0. The van der Waals surface area contributed by atoms with E-state index in [9.17, 15) is 4.79 Å². The van der Waals surface area contributed by atoms with Crippen molar-refractivity contribution in [3.8, 4) is 0 Å². The Kier molecular flexibility index (Phi) is 3.61. The average Bonchev–Trinajstić information content (AvgIpc) is 2.60. The second-order valence-electron chi connectivity index (χ2n) is 4.20. The van der Waals surface area contributed by atoms with Gasteiger partial charge in [-0.1, -0.05) is 0 Å². The van der Waals surface area contributed by atoms with Gasteiger partial charge >= 0.3 is 5.97 Å². The van der Waals surface area contributed by atoms with Gasteiger partial charge in [0, 0.05) is 25.0 Å². The van der Waals surface area contributed by atoms with Crippen LogP contribution in [0.15, 0.2) is 0 Å². The van der Waals surface area contributed by atoms with Crippen LogP contribution in [0.2, 0.25) is 0 Å². The summed E-state index contributed by atoms with van der Waals surface area (Å²) in [6.45, 7) is 0. The molecule has 5 nitrogen and oxygen atoms in total. The van der Waals surface area contributed by atoms with E-state index in [2.05, 4.69) is 9.97 Å². The number of aromatic amines is 1. The molecule has 0 fully saturated rings. The molecule has 2 rings (SSSR count). The van der Waals surface area contributed by atoms with Gasteiger partial charge in [0.15, 0.2) is 0 Å². The monoisotopic (exact) mass is 277 g/mol. The minimum absolute atomic E-state index is 0.120. The number of halogens is 2. The number of aromatic nitrogens is 2. The highest BCUT2D eigenvalue weighted by Crippen LogP contribution is 2.26. The normalized spacial score (nSPS) is 25.4. The molecule has 1 heterocycles. The second kappa shape index (κ2) is 4.84. The number of carboxylic acid groups (broad SMARTS) is 1. The van der Waals surface area contributed by atoms with Crippen LogP contribution in [0.1, 0.15) is 17.2 Å². The van der Waals surface area contributed by atoms with Gasteiger partial charge in [0.2, 0.25) is 0 Å². The van der Waals surface area contributed by atoms with E-state index in [1.807, 2.05) is 0 Å². The Labute approximate surface area is 108 Å². The van der Waals surface area contributed by atoms with Crippen molar-refractivity contribution in [2.75, 3.05) is 0 Å². The molecule has 1 aromatic heterocycles. The van der Waals surface area contributed by atoms with Crippen LogP contribution in [0.25, 0.3) is 0 Å². The molecule has 0 aromatic carbocycles. The number of alkyl halides is 2. The zero-order valence-corrected chi connectivity index (χ0v) is 10.5. The Morgan fingerprint density at radius 3 is 2.82 bits per heavy atom. The molecule has 0 radical (unpaired) electrons. The Balaban J connectivity index is 2.13. The molecule has 2 unspecified atom stereocenters. The number of aliphatic carboxylic acids is 1. The number of carbonyl (C=O) groups is 1. The summed E-state index contributed by atoms with van der Waals surface area (Å²) < 4.78 is 0. The van der Waals surface area contributed by atoms with E-state index in [1.54, 1.807) is 0 Å². The number of rotatable bonds is 3. The van der Waals surface area contributed by atoms with Crippen LogP contribution < -0.4 is 5.73 Å². The first-order valence-corrected chi connectivity index (χ1v) is 6.17. The summed E-state index contributed by atoms with van der Waals surface area (Å²) in [4.78, 5) is 18.0. The second-order valence-corrected chi connectivity index (χ2v) is 5.32. The molecule has 0 aliphatic heterocycles. The zero-order valence-electron chi connectivity index (χ0n) is 8.99. The number of nitrogens with one attached hydrogen (secondary N) is 1. The van der Waals surface area contributed by atoms with Gasteiger partial charge in [0.05, 0.1) is 16.4 Å². The predicted octanol–water partition coefficient (Wildman–Crippen LogP) is 0.677. The summed E-state index contributed by atoms with van der Waals surface area (Å²) >= 11 is 12.1. The Bertz CT molecular complexity index is 408. The highest BCUT2D eigenvalue weighted by atomic mass is 35.5. The maximum atomic E-state index is 10.6. The van der Waals surface area contributed by atoms with Crippen molar-refractivity contribution < 1.29 is 9.90 Å². The van der Waals surface area contributed by atoms with E-state index >= 15 is 0 Å². The SMILES string of the molecule is N[C@H](Cc1nc2c([nH]1)CC(Cl)C(Cl)C2)C(=O)O. The van der Waals surface area contributed by atoms with Crippen LogP contribution in [0.4, 0.5) is 0 Å². The van der Waals surface area contributed by atoms with E-state index in [0.29, 0.717) is 18.7 Å². The number of nitrogens with zero attached hydrogens (tertiary/aromatic N) is 1. The van der Waals surface area contributed by atoms with Crippen molar-refractivity contribution in [1.29, 1.82) is 0 Å². The molecule has 1 aliphatic rings. The summed E-state index contributed by atoms with van der Waals surface area (Å²) in [6, 6.07) is -0.943. The van der Waals surface area contributed by atoms with E-state index in [1.165, 1.54) is 0 Å². The maximum Gasteiger partial charge on any atom is 0.320 e. The van der Waals surface area contributed by atoms with E-state index in [4.69, 9.17) is 34.0 Å². The number of fused-ring (bicyclic) bond motifs is 1. The fourth-order valence-electron chi connectivity index (χ4n) is 1.87. The molecule has 0 spiro atoms. The van der Waals surface area contributed by atoms with E-state index in [-0.39, 0.29) is 17.2 Å². The number of carboxylic acids is 1. The molecular weight excluding hydrogens is 265 g/mol. The third-order valence-electron chi connectivity index (χ3n) is 2.82. The molecule has 0 amide bonds. The third kappa shape index (κ3) is 2.73. The molecular formula is C10H13Cl2N3O2. The lowest BCUT2D eigenvalue weighted by Gasteiger charge is -2.20. The average molecular weight is 278 g/mol. The highest BCUT2D eigenvalue weighted by molar-refractivity contribution is 6.30. The Morgan fingerprint density at radius 2 is 2.18 bits per heavy atom. The minimum atomic E-state index is -1.04. The lowest BCUT2D eigenvalue weighted by molar-refractivity contribution is -0.138. The largest absolute Gasteiger partial charge is 0.480 e. The van der Waals surface area contributed by atoms with Crippen LogP contribution in [0.5, 0.6) is 0 Å². The topological polar surface area (TPSA) is 92.0 Å². The predicted molar refractivity (Wildman–Crippen MR) is 64.6 cm³/mol. The first-order chi connectivity index (χ1) is 7.97. The molecule has 1 aliphatic carbocycles. The van der Waals surface area contributed by atoms with Crippen LogP contribution >= 0.6 is 23.2 Å². The fourth-order valence-corrected chi connectivity index (χ4v) is 2.35. The molecule has 0 saturated carbocycles. The minimum Gasteiger partial charge on any atom is -0.480 e. The van der Waals surface area contributed by atoms with Gasteiger partial charge < -0.3 is 15.8 Å². The molecule has 4 N–H and O–H groups in total. The molecule has 7 heteroatoms. The Morgan fingerprint density at radius 1 is 1.53 bits per heavy atom. The van der Waals surface area contributed by atoms with Crippen molar-refractivity contribution in [3.63, 3.8) is 0 Å². The van der Waals surface area contributed by atoms with E-state index < -0.39 is 12.0 Å². The number of nitrogens with two attached hydrogens (primary N) is 1. The first-order valence-electron chi connectivity index (χ1n) is 5.30. The zero-order chi connectivity index (χ0) is 12.6. The number of imidazole rings is 1. The summed E-state index contributed by atoms with van der Waals surface area (Å²) in [5.41, 5.74) is 7.26. The van der Waals surface area contributed by atoms with Crippen LogP contribution in [-0.4, -0.2) is 37.8 Å². The van der Waals surface area contributed by atoms with Gasteiger partial charge in [0.1, 0.15) is 11.9 Å². The Hall–Kier alpha value is -0.780. The van der Waals surface area contributed by atoms with Gasteiger partial charge in [-0.3, -0.25) is 4.79 Å². The number of hydrogen-bond acceptors (Lipinski definition) is 3. The molecule has 1 aromatic rings. The van der Waals surface area contributed by atoms with Crippen LogP contribution in [0.3, 0.4) is 0 Å². The maximum absolute atomic E-state index is 10.6. The first kappa shape index (κ1) is 12.7. The van der Waals surface area contributed by atoms with Crippen molar-refractivity contribution in [3.05, 3.63) is 17.2 Å². The van der Waals surface area contributed by atoms with Crippen molar-refractivity contribution in [2.45, 2.75) is 36.1 Å². The standard InChI is InChI=1S/C10H13Cl2N3O2/c11-4-1-7-8(2-5(4)12)15-9(14-7)3-6(13)10(16)17/h4-6H,1-3,13H2,(H,14,15)(H,16,17)/t4?,5?,6-/m1/s1.